The van der Waals surface area contributed by atoms with E-state index in [0.29, 0.717) is 15.7 Å². The van der Waals surface area contributed by atoms with Crippen LogP contribution < -0.4 is 5.11 Å². The van der Waals surface area contributed by atoms with E-state index in [-0.39, 0.29) is 16.3 Å². The summed E-state index contributed by atoms with van der Waals surface area (Å²) in [5.41, 5.74) is 1.08. The lowest BCUT2D eigenvalue weighted by molar-refractivity contribution is -0.268. The second-order valence-electron chi connectivity index (χ2n) is 3.92. The predicted molar refractivity (Wildman–Crippen MR) is 79.3 cm³/mol. The highest BCUT2D eigenvalue weighted by atomic mass is 79.9. The topological polar surface area (TPSA) is 72.7 Å². The van der Waals surface area contributed by atoms with Gasteiger partial charge in [-0.2, -0.15) is 0 Å². The fraction of sp³-hybridized carbons (Fsp3) is 0. The highest BCUT2D eigenvalue weighted by molar-refractivity contribution is 9.10. The van der Waals surface area contributed by atoms with Crippen molar-refractivity contribution in [3.8, 4) is 5.75 Å². The van der Waals surface area contributed by atoms with Crippen LogP contribution in [0.15, 0.2) is 45.9 Å². The number of nitrogens with zero attached hydrogens (tertiary/aromatic N) is 1. The van der Waals surface area contributed by atoms with Crippen LogP contribution in [0.25, 0.3) is 0 Å². The van der Waals surface area contributed by atoms with Crippen LogP contribution in [-0.2, 0) is 0 Å². The molecule has 0 aromatic heterocycles. The number of halogens is 2. The largest absolute Gasteiger partial charge is 0.871 e. The molecule has 2 aromatic rings. The Morgan fingerprint density at radius 1 is 1.30 bits per heavy atom. The van der Waals surface area contributed by atoms with E-state index in [1.165, 1.54) is 24.4 Å². The zero-order valence-corrected chi connectivity index (χ0v) is 12.4. The van der Waals surface area contributed by atoms with Gasteiger partial charge in [-0.1, -0.05) is 33.3 Å². The van der Waals surface area contributed by atoms with E-state index >= 15 is 0 Å². The highest BCUT2D eigenvalue weighted by Gasteiger charge is 2.01. The van der Waals surface area contributed by atoms with Crippen LogP contribution in [0.2, 0.25) is 5.02 Å². The lowest BCUT2D eigenvalue weighted by Gasteiger charge is -2.12. The van der Waals surface area contributed by atoms with Gasteiger partial charge in [-0.3, -0.25) is 4.99 Å². The van der Waals surface area contributed by atoms with Crippen molar-refractivity contribution in [2.45, 2.75) is 0 Å². The fourth-order valence-electron chi connectivity index (χ4n) is 1.51. The molecule has 2 rings (SSSR count). The second-order valence-corrected chi connectivity index (χ2v) is 5.24. The summed E-state index contributed by atoms with van der Waals surface area (Å²) in [6, 6.07) is 9.14. The van der Waals surface area contributed by atoms with Gasteiger partial charge in [0.25, 0.3) is 0 Å². The van der Waals surface area contributed by atoms with Crippen molar-refractivity contribution >= 4 is 45.4 Å². The number of carbonyl (C=O) groups is 1. The van der Waals surface area contributed by atoms with Crippen LogP contribution in [0.1, 0.15) is 15.9 Å². The third-order valence-corrected chi connectivity index (χ3v) is 3.24. The zero-order chi connectivity index (χ0) is 14.7. The molecule has 0 saturated heterocycles. The van der Waals surface area contributed by atoms with Gasteiger partial charge in [0.2, 0.25) is 0 Å². The average Bonchev–Trinajstić information content (AvgIpc) is 2.41. The Labute approximate surface area is 128 Å². The monoisotopic (exact) mass is 352 g/mol. The number of hydrogen-bond acceptors (Lipinski definition) is 3. The van der Waals surface area contributed by atoms with Gasteiger partial charge in [0, 0.05) is 15.7 Å². The van der Waals surface area contributed by atoms with E-state index in [1.807, 2.05) is 0 Å². The summed E-state index contributed by atoms with van der Waals surface area (Å²) in [5.74, 6) is -1.30. The second kappa shape index (κ2) is 6.07. The summed E-state index contributed by atoms with van der Waals surface area (Å²) < 4.78 is 0.685. The van der Waals surface area contributed by atoms with Crippen molar-refractivity contribution in [2.24, 2.45) is 4.99 Å². The first kappa shape index (κ1) is 14.6. The summed E-state index contributed by atoms with van der Waals surface area (Å²) >= 11 is 9.04. The number of carboxylic acids is 1. The van der Waals surface area contributed by atoms with Crippen molar-refractivity contribution in [3.05, 3.63) is 57.0 Å². The van der Waals surface area contributed by atoms with Crippen molar-refractivity contribution < 1.29 is 15.0 Å². The molecule has 0 bridgehead atoms. The van der Waals surface area contributed by atoms with Crippen LogP contribution >= 0.6 is 27.5 Å². The fourth-order valence-corrected chi connectivity index (χ4v) is 2.34. The molecule has 2 aromatic carbocycles. The molecule has 0 aliphatic rings. The van der Waals surface area contributed by atoms with Gasteiger partial charge in [-0.05, 0) is 42.0 Å². The molecule has 102 valence electrons. The van der Waals surface area contributed by atoms with Crippen molar-refractivity contribution in [3.63, 3.8) is 0 Å². The van der Waals surface area contributed by atoms with E-state index in [0.717, 1.165) is 0 Å². The summed E-state index contributed by atoms with van der Waals surface area (Å²) in [6.45, 7) is 0. The Morgan fingerprint density at radius 2 is 1.95 bits per heavy atom. The van der Waals surface area contributed by atoms with Crippen molar-refractivity contribution in [1.82, 2.24) is 0 Å². The summed E-state index contributed by atoms with van der Waals surface area (Å²) in [6.07, 6.45) is 1.40. The van der Waals surface area contributed by atoms with Gasteiger partial charge in [-0.25, -0.2) is 4.79 Å². The van der Waals surface area contributed by atoms with Gasteiger partial charge >= 0.3 is 5.97 Å². The van der Waals surface area contributed by atoms with Gasteiger partial charge in [-0.15, -0.1) is 0 Å². The average molecular weight is 354 g/mol. The normalized spacial score (nSPS) is 10.9. The van der Waals surface area contributed by atoms with Crippen LogP contribution in [0.4, 0.5) is 5.69 Å². The number of carboxylic acid groups (broad SMARTS) is 1. The Hall–Kier alpha value is -1.85. The molecule has 0 fully saturated rings. The van der Waals surface area contributed by atoms with E-state index in [4.69, 9.17) is 16.7 Å². The minimum Gasteiger partial charge on any atom is -0.871 e. The van der Waals surface area contributed by atoms with Gasteiger partial charge in [0.1, 0.15) is 0 Å². The lowest BCUT2D eigenvalue weighted by Crippen LogP contribution is -1.97. The molecule has 0 radical (unpaired) electrons. The summed E-state index contributed by atoms with van der Waals surface area (Å²) in [4.78, 5) is 14.8. The van der Waals surface area contributed by atoms with Crippen LogP contribution in [-0.4, -0.2) is 17.3 Å². The minimum atomic E-state index is -0.999. The molecule has 4 nitrogen and oxygen atoms in total. The van der Waals surface area contributed by atoms with E-state index in [1.54, 1.807) is 18.2 Å². The molecule has 0 atom stereocenters. The number of aromatic carboxylic acids is 1. The maximum absolute atomic E-state index is 11.8. The van der Waals surface area contributed by atoms with Gasteiger partial charge < -0.3 is 10.2 Å². The maximum Gasteiger partial charge on any atom is 0.335 e. The summed E-state index contributed by atoms with van der Waals surface area (Å²) in [5, 5.41) is 20.7. The Bertz CT molecular complexity index is 684. The molecule has 1 N–H and O–H groups in total. The van der Waals surface area contributed by atoms with Gasteiger partial charge in [0.15, 0.2) is 0 Å². The Morgan fingerprint density at radius 3 is 2.55 bits per heavy atom. The standard InChI is InChI=1S/C14H9BrClNO3/c15-10-5-9(13(18)12(16)6-10)7-17-11-3-1-8(2-4-11)14(19)20/h1-7,18H,(H,19,20)/p-1. The van der Waals surface area contributed by atoms with E-state index in [2.05, 4.69) is 20.9 Å². The molecule has 0 amide bonds. The van der Waals surface area contributed by atoms with Crippen molar-refractivity contribution in [2.75, 3.05) is 0 Å². The molecule has 0 aliphatic carbocycles. The number of benzene rings is 2. The Balaban J connectivity index is 2.27. The molecule has 0 spiro atoms. The molecular weight excluding hydrogens is 346 g/mol. The predicted octanol–water partition coefficient (Wildman–Crippen LogP) is 3.62. The number of rotatable bonds is 3. The molecule has 0 aliphatic heterocycles. The molecule has 0 heterocycles. The van der Waals surface area contributed by atoms with Gasteiger partial charge in [0.05, 0.1) is 11.3 Å². The number of aliphatic imine (C=N–C) groups is 1. The third-order valence-electron chi connectivity index (χ3n) is 2.50. The first-order valence-corrected chi connectivity index (χ1v) is 6.68. The number of hydrogen-bond donors (Lipinski definition) is 1. The van der Waals surface area contributed by atoms with E-state index < -0.39 is 5.97 Å². The van der Waals surface area contributed by atoms with Crippen LogP contribution in [0.3, 0.4) is 0 Å². The van der Waals surface area contributed by atoms with Crippen LogP contribution in [0, 0.1) is 0 Å². The molecule has 0 unspecified atom stereocenters. The SMILES string of the molecule is O=C(O)c1ccc(N=Cc2cc(Br)cc(Cl)c2[O-])cc1. The highest BCUT2D eigenvalue weighted by Crippen LogP contribution is 2.28. The smallest absolute Gasteiger partial charge is 0.335 e. The van der Waals surface area contributed by atoms with Crippen molar-refractivity contribution in [1.29, 1.82) is 0 Å². The first-order chi connectivity index (χ1) is 9.47. The maximum atomic E-state index is 11.8. The zero-order valence-electron chi connectivity index (χ0n) is 10.0. The molecule has 20 heavy (non-hydrogen) atoms. The quantitative estimate of drug-likeness (QED) is 0.856. The Kier molecular flexibility index (Phi) is 4.42. The lowest BCUT2D eigenvalue weighted by atomic mass is 10.2. The minimum absolute atomic E-state index is 0.113. The first-order valence-electron chi connectivity index (χ1n) is 5.51. The summed E-state index contributed by atoms with van der Waals surface area (Å²) in [7, 11) is 0. The molecular formula is C14H8BrClNO3-. The molecule has 6 heteroatoms. The van der Waals surface area contributed by atoms with E-state index in [9.17, 15) is 9.90 Å². The van der Waals surface area contributed by atoms with Crippen LogP contribution in [0.5, 0.6) is 5.75 Å². The third kappa shape index (κ3) is 3.37. The molecule has 0 saturated carbocycles.